The van der Waals surface area contributed by atoms with Gasteiger partial charge in [-0.05, 0) is 19.4 Å². The van der Waals surface area contributed by atoms with Crippen molar-refractivity contribution in [1.82, 2.24) is 9.80 Å². The molecule has 0 saturated carbocycles. The van der Waals surface area contributed by atoms with Crippen LogP contribution in [-0.4, -0.2) is 42.0 Å². The first-order valence-electron chi connectivity index (χ1n) is 7.36. The Balaban J connectivity index is 1.70. The number of hydrogen-bond acceptors (Lipinski definition) is 4. The van der Waals surface area contributed by atoms with Crippen LogP contribution in [0.3, 0.4) is 0 Å². The van der Waals surface area contributed by atoms with Crippen molar-refractivity contribution in [3.63, 3.8) is 0 Å². The summed E-state index contributed by atoms with van der Waals surface area (Å²) in [6.07, 6.45) is 2.95. The molecule has 0 amide bonds. The summed E-state index contributed by atoms with van der Waals surface area (Å²) < 4.78 is 32.3. The Morgan fingerprint density at radius 1 is 1.36 bits per heavy atom. The molecular formula is C16H19F2N3O. The quantitative estimate of drug-likeness (QED) is 0.841. The van der Waals surface area contributed by atoms with Gasteiger partial charge < -0.3 is 14.5 Å². The third-order valence-corrected chi connectivity index (χ3v) is 4.22. The molecule has 1 unspecified atom stereocenters. The predicted octanol–water partition coefficient (Wildman–Crippen LogP) is 2.72. The normalized spacial score (nSPS) is 21.2. The fourth-order valence-electron chi connectivity index (χ4n) is 2.65. The Morgan fingerprint density at radius 2 is 2.18 bits per heavy atom. The molecule has 2 heterocycles. The van der Waals surface area contributed by atoms with Crippen molar-refractivity contribution < 1.29 is 13.5 Å². The van der Waals surface area contributed by atoms with Gasteiger partial charge in [-0.2, -0.15) is 0 Å². The number of ether oxygens (including phenoxy) is 1. The third-order valence-electron chi connectivity index (χ3n) is 4.22. The van der Waals surface area contributed by atoms with Crippen LogP contribution in [0.25, 0.3) is 0 Å². The Kier molecular flexibility index (Phi) is 4.00. The molecule has 22 heavy (non-hydrogen) atoms. The lowest BCUT2D eigenvalue weighted by Crippen LogP contribution is -2.47. The highest BCUT2D eigenvalue weighted by molar-refractivity contribution is 5.88. The number of nitrogens with zero attached hydrogens (tertiary/aromatic N) is 3. The van der Waals surface area contributed by atoms with Gasteiger partial charge in [-0.25, -0.2) is 13.8 Å². The molecule has 0 aliphatic carbocycles. The second-order valence-electron chi connectivity index (χ2n) is 5.65. The van der Waals surface area contributed by atoms with Gasteiger partial charge in [0.05, 0.1) is 0 Å². The molecule has 1 fully saturated rings. The van der Waals surface area contributed by atoms with Crippen molar-refractivity contribution in [3.05, 3.63) is 47.3 Å². The van der Waals surface area contributed by atoms with Crippen molar-refractivity contribution in [3.8, 4) is 0 Å². The molecular weight excluding hydrogens is 288 g/mol. The highest BCUT2D eigenvalue weighted by atomic mass is 19.2. The van der Waals surface area contributed by atoms with Gasteiger partial charge in [-0.3, -0.25) is 0 Å². The molecule has 118 valence electrons. The smallest absolute Gasteiger partial charge is 0.214 e. The maximum atomic E-state index is 13.6. The predicted molar refractivity (Wildman–Crippen MR) is 80.1 cm³/mol. The van der Waals surface area contributed by atoms with Crippen LogP contribution >= 0.6 is 0 Å². The minimum atomic E-state index is -0.864. The highest BCUT2D eigenvalue weighted by Crippen LogP contribution is 2.24. The lowest BCUT2D eigenvalue weighted by Gasteiger charge is -2.43. The maximum Gasteiger partial charge on any atom is 0.214 e. The molecule has 3 rings (SSSR count). The fraction of sp³-hybridized carbons (Fsp3) is 0.438. The fourth-order valence-corrected chi connectivity index (χ4v) is 2.65. The summed E-state index contributed by atoms with van der Waals surface area (Å²) in [6, 6.07) is 4.53. The molecule has 6 heteroatoms. The Morgan fingerprint density at radius 3 is 3.00 bits per heavy atom. The van der Waals surface area contributed by atoms with Gasteiger partial charge in [0.2, 0.25) is 5.90 Å². The zero-order valence-electron chi connectivity index (χ0n) is 12.7. The van der Waals surface area contributed by atoms with Gasteiger partial charge in [-0.15, -0.1) is 0 Å². The number of fused-ring (bicyclic) bond motifs is 1. The SMILES string of the molecule is CC1CCN2CN=C(OCc3cccc(F)c3F)C=C2N1C. The van der Waals surface area contributed by atoms with E-state index in [1.165, 1.54) is 12.1 Å². The number of rotatable bonds is 2. The van der Waals surface area contributed by atoms with E-state index in [0.29, 0.717) is 18.6 Å². The summed E-state index contributed by atoms with van der Waals surface area (Å²) in [7, 11) is 2.04. The van der Waals surface area contributed by atoms with E-state index in [0.717, 1.165) is 24.9 Å². The number of halogens is 2. The van der Waals surface area contributed by atoms with E-state index in [1.807, 2.05) is 13.1 Å². The van der Waals surface area contributed by atoms with E-state index in [1.54, 1.807) is 0 Å². The van der Waals surface area contributed by atoms with Crippen LogP contribution in [0, 0.1) is 11.6 Å². The van der Waals surface area contributed by atoms with Crippen LogP contribution < -0.4 is 0 Å². The molecule has 0 bridgehead atoms. The largest absolute Gasteiger partial charge is 0.473 e. The molecule has 0 aromatic heterocycles. The van der Waals surface area contributed by atoms with Crippen LogP contribution in [0.4, 0.5) is 8.78 Å². The van der Waals surface area contributed by atoms with Crippen LogP contribution in [0.15, 0.2) is 35.1 Å². The topological polar surface area (TPSA) is 28.1 Å². The second kappa shape index (κ2) is 5.94. The molecule has 1 atom stereocenters. The lowest BCUT2D eigenvalue weighted by atomic mass is 10.1. The third kappa shape index (κ3) is 2.77. The molecule has 1 aromatic carbocycles. The van der Waals surface area contributed by atoms with E-state index in [-0.39, 0.29) is 12.2 Å². The zero-order chi connectivity index (χ0) is 15.7. The summed E-state index contributed by atoms with van der Waals surface area (Å²) in [5.41, 5.74) is 0.189. The molecule has 1 saturated heterocycles. The van der Waals surface area contributed by atoms with Crippen molar-refractivity contribution in [2.75, 3.05) is 20.3 Å². The van der Waals surface area contributed by atoms with E-state index in [9.17, 15) is 8.78 Å². The van der Waals surface area contributed by atoms with Gasteiger partial charge in [0, 0.05) is 31.3 Å². The summed E-state index contributed by atoms with van der Waals surface area (Å²) in [6.45, 7) is 3.63. The minimum Gasteiger partial charge on any atom is -0.473 e. The number of benzene rings is 1. The van der Waals surface area contributed by atoms with Crippen molar-refractivity contribution in [2.24, 2.45) is 4.99 Å². The molecule has 1 aromatic rings. The molecule has 0 spiro atoms. The van der Waals surface area contributed by atoms with Crippen LogP contribution in [-0.2, 0) is 11.3 Å². The summed E-state index contributed by atoms with van der Waals surface area (Å²) in [5.74, 6) is -0.215. The van der Waals surface area contributed by atoms with Crippen molar-refractivity contribution >= 4 is 5.90 Å². The van der Waals surface area contributed by atoms with Gasteiger partial charge in [0.1, 0.15) is 19.1 Å². The molecule has 4 nitrogen and oxygen atoms in total. The van der Waals surface area contributed by atoms with Gasteiger partial charge in [0.25, 0.3) is 0 Å². The molecule has 2 aliphatic rings. The standard InChI is InChI=1S/C16H19F2N3O/c1-11-6-7-21-10-19-14(8-15(21)20(11)2)22-9-12-4-3-5-13(17)16(12)18/h3-5,8,11H,6-7,9-10H2,1-2H3. The Hall–Kier alpha value is -2.11. The van der Waals surface area contributed by atoms with Crippen molar-refractivity contribution in [1.29, 1.82) is 0 Å². The highest BCUT2D eigenvalue weighted by Gasteiger charge is 2.27. The summed E-state index contributed by atoms with van der Waals surface area (Å²) >= 11 is 0. The van der Waals surface area contributed by atoms with Gasteiger partial charge in [0.15, 0.2) is 11.6 Å². The lowest BCUT2D eigenvalue weighted by molar-refractivity contribution is 0.133. The monoisotopic (exact) mass is 307 g/mol. The Bertz CT molecular complexity index is 630. The summed E-state index contributed by atoms with van der Waals surface area (Å²) in [4.78, 5) is 8.70. The number of hydrogen-bond donors (Lipinski definition) is 0. The van der Waals surface area contributed by atoms with Gasteiger partial charge in [-0.1, -0.05) is 12.1 Å². The van der Waals surface area contributed by atoms with E-state index in [2.05, 4.69) is 21.7 Å². The molecule has 0 radical (unpaired) electrons. The number of aliphatic imine (C=N–C) groups is 1. The second-order valence-corrected chi connectivity index (χ2v) is 5.65. The average Bonchev–Trinajstić information content (AvgIpc) is 2.53. The summed E-state index contributed by atoms with van der Waals surface area (Å²) in [5, 5.41) is 0. The maximum absolute atomic E-state index is 13.6. The zero-order valence-corrected chi connectivity index (χ0v) is 12.7. The minimum absolute atomic E-state index is 0.0362. The van der Waals surface area contributed by atoms with E-state index >= 15 is 0 Å². The molecule has 2 aliphatic heterocycles. The van der Waals surface area contributed by atoms with Crippen molar-refractivity contribution in [2.45, 2.75) is 26.0 Å². The first-order chi connectivity index (χ1) is 10.6. The van der Waals surface area contributed by atoms with Gasteiger partial charge >= 0.3 is 0 Å². The van der Waals surface area contributed by atoms with E-state index in [4.69, 9.17) is 4.74 Å². The van der Waals surface area contributed by atoms with Crippen LogP contribution in [0.1, 0.15) is 18.9 Å². The first kappa shape index (κ1) is 14.8. The Labute approximate surface area is 128 Å². The van der Waals surface area contributed by atoms with Crippen LogP contribution in [0.5, 0.6) is 0 Å². The average molecular weight is 307 g/mol. The van der Waals surface area contributed by atoms with Crippen LogP contribution in [0.2, 0.25) is 0 Å². The van der Waals surface area contributed by atoms with E-state index < -0.39 is 11.6 Å². The molecule has 0 N–H and O–H groups in total. The first-order valence-corrected chi connectivity index (χ1v) is 7.36.